The fraction of sp³-hybridized carbons (Fsp3) is 0.933. The van der Waals surface area contributed by atoms with Crippen LogP contribution in [0.3, 0.4) is 0 Å². The molecule has 0 unspecified atom stereocenters. The molecule has 1 N–H and O–H groups in total. The Bertz CT molecular complexity index is 251. The number of carbonyl (C=O) groups excluding carboxylic acids is 1. The zero-order valence-corrected chi connectivity index (χ0v) is 11.8. The minimum absolute atomic E-state index is 0.421. The maximum absolute atomic E-state index is 12.3. The first-order valence-corrected chi connectivity index (χ1v) is 7.74. The molecule has 1 aliphatic heterocycles. The van der Waals surface area contributed by atoms with Crippen LogP contribution in [0.15, 0.2) is 0 Å². The Morgan fingerprint density at radius 1 is 1.06 bits per heavy atom. The summed E-state index contributed by atoms with van der Waals surface area (Å²) in [5.41, 5.74) is 0. The van der Waals surface area contributed by atoms with Gasteiger partial charge in [-0.2, -0.15) is 0 Å². The molecule has 2 rings (SSSR count). The van der Waals surface area contributed by atoms with Crippen molar-refractivity contribution in [2.24, 2.45) is 5.92 Å². The number of likely N-dealkylation sites (tertiary alicyclic amines) is 1. The molecule has 104 valence electrons. The number of hydrogen-bond acceptors (Lipinski definition) is 2. The van der Waals surface area contributed by atoms with Gasteiger partial charge in [-0.05, 0) is 51.5 Å². The van der Waals surface area contributed by atoms with Crippen molar-refractivity contribution >= 4 is 5.91 Å². The molecular formula is C15H28N2O. The molecule has 1 saturated carbocycles. The zero-order chi connectivity index (χ0) is 12.8. The molecule has 2 fully saturated rings. The minimum atomic E-state index is 0.421. The van der Waals surface area contributed by atoms with E-state index in [1.807, 2.05) is 7.05 Å². The molecule has 1 amide bonds. The molecule has 1 heterocycles. The van der Waals surface area contributed by atoms with E-state index in [1.54, 1.807) is 0 Å². The highest BCUT2D eigenvalue weighted by Gasteiger charge is 2.24. The molecular weight excluding hydrogens is 224 g/mol. The topological polar surface area (TPSA) is 32.3 Å². The van der Waals surface area contributed by atoms with Crippen molar-refractivity contribution in [3.8, 4) is 0 Å². The van der Waals surface area contributed by atoms with Gasteiger partial charge in [-0.25, -0.2) is 0 Å². The number of nitrogens with zero attached hydrogens (tertiary/aromatic N) is 1. The number of rotatable bonds is 3. The molecule has 0 bridgehead atoms. The van der Waals surface area contributed by atoms with Crippen LogP contribution in [0, 0.1) is 5.92 Å². The van der Waals surface area contributed by atoms with Crippen molar-refractivity contribution in [3.05, 3.63) is 0 Å². The predicted molar refractivity (Wildman–Crippen MR) is 74.5 cm³/mol. The van der Waals surface area contributed by atoms with Gasteiger partial charge in [-0.3, -0.25) is 4.79 Å². The van der Waals surface area contributed by atoms with Gasteiger partial charge in [0.2, 0.25) is 5.91 Å². The van der Waals surface area contributed by atoms with Crippen LogP contribution in [0.4, 0.5) is 0 Å². The maximum atomic E-state index is 12.3. The highest BCUT2D eigenvalue weighted by molar-refractivity contribution is 5.76. The standard InChI is InChI=1S/C15H28N2O/c1-16-14-8-6-13(7-9-14)12-15(18)17-10-4-2-3-5-11-17/h13-14,16H,2-12H2,1H3. The Hall–Kier alpha value is -0.570. The second-order valence-electron chi connectivity index (χ2n) is 6.01. The summed E-state index contributed by atoms with van der Waals surface area (Å²) in [5.74, 6) is 1.06. The fourth-order valence-electron chi connectivity index (χ4n) is 3.35. The Labute approximate surface area is 111 Å². The molecule has 2 aliphatic rings. The third-order valence-electron chi connectivity index (χ3n) is 4.68. The van der Waals surface area contributed by atoms with Crippen molar-refractivity contribution in [1.82, 2.24) is 10.2 Å². The van der Waals surface area contributed by atoms with E-state index in [1.165, 1.54) is 51.4 Å². The highest BCUT2D eigenvalue weighted by Crippen LogP contribution is 2.27. The Balaban J connectivity index is 1.73. The van der Waals surface area contributed by atoms with E-state index in [-0.39, 0.29) is 0 Å². The third kappa shape index (κ3) is 3.98. The van der Waals surface area contributed by atoms with Crippen LogP contribution >= 0.6 is 0 Å². The van der Waals surface area contributed by atoms with Gasteiger partial charge < -0.3 is 10.2 Å². The third-order valence-corrected chi connectivity index (χ3v) is 4.68. The molecule has 0 radical (unpaired) electrons. The number of hydrogen-bond donors (Lipinski definition) is 1. The van der Waals surface area contributed by atoms with Gasteiger partial charge in [0, 0.05) is 25.6 Å². The summed E-state index contributed by atoms with van der Waals surface area (Å²) in [5, 5.41) is 3.35. The summed E-state index contributed by atoms with van der Waals surface area (Å²) in [6, 6.07) is 0.689. The largest absolute Gasteiger partial charge is 0.343 e. The van der Waals surface area contributed by atoms with Gasteiger partial charge >= 0.3 is 0 Å². The molecule has 1 saturated heterocycles. The smallest absolute Gasteiger partial charge is 0.222 e. The summed E-state index contributed by atoms with van der Waals surface area (Å²) in [4.78, 5) is 14.4. The van der Waals surface area contributed by atoms with Gasteiger partial charge in [0.05, 0.1) is 0 Å². The first-order valence-electron chi connectivity index (χ1n) is 7.74. The quantitative estimate of drug-likeness (QED) is 0.837. The van der Waals surface area contributed by atoms with E-state index in [0.29, 0.717) is 17.9 Å². The Kier molecular flexibility index (Phi) is 5.48. The van der Waals surface area contributed by atoms with Crippen LogP contribution in [0.5, 0.6) is 0 Å². The average molecular weight is 252 g/mol. The van der Waals surface area contributed by atoms with Crippen molar-refractivity contribution in [3.63, 3.8) is 0 Å². The normalized spacial score (nSPS) is 29.9. The van der Waals surface area contributed by atoms with Crippen LogP contribution in [-0.4, -0.2) is 37.0 Å². The SMILES string of the molecule is CNC1CCC(CC(=O)N2CCCCCC2)CC1. The maximum Gasteiger partial charge on any atom is 0.222 e. The van der Waals surface area contributed by atoms with Crippen LogP contribution < -0.4 is 5.32 Å². The van der Waals surface area contributed by atoms with Gasteiger partial charge in [-0.15, -0.1) is 0 Å². The van der Waals surface area contributed by atoms with Crippen LogP contribution in [0.1, 0.15) is 57.8 Å². The van der Waals surface area contributed by atoms with Gasteiger partial charge in [0.1, 0.15) is 0 Å². The van der Waals surface area contributed by atoms with Crippen LogP contribution in [-0.2, 0) is 4.79 Å². The van der Waals surface area contributed by atoms with Crippen molar-refractivity contribution in [2.75, 3.05) is 20.1 Å². The second kappa shape index (κ2) is 7.13. The molecule has 0 spiro atoms. The molecule has 3 heteroatoms. The van der Waals surface area contributed by atoms with Crippen molar-refractivity contribution in [1.29, 1.82) is 0 Å². The van der Waals surface area contributed by atoms with E-state index in [0.717, 1.165) is 19.5 Å². The predicted octanol–water partition coefficient (Wildman–Crippen LogP) is 2.56. The van der Waals surface area contributed by atoms with Crippen molar-refractivity contribution < 1.29 is 4.79 Å². The number of amides is 1. The number of carbonyl (C=O) groups is 1. The van der Waals surface area contributed by atoms with Crippen LogP contribution in [0.25, 0.3) is 0 Å². The van der Waals surface area contributed by atoms with E-state index < -0.39 is 0 Å². The average Bonchev–Trinajstić information content (AvgIpc) is 2.68. The van der Waals surface area contributed by atoms with Crippen molar-refractivity contribution in [2.45, 2.75) is 63.8 Å². The lowest BCUT2D eigenvalue weighted by molar-refractivity contribution is -0.132. The van der Waals surface area contributed by atoms with Gasteiger partial charge in [0.25, 0.3) is 0 Å². The molecule has 0 aromatic rings. The zero-order valence-electron chi connectivity index (χ0n) is 11.8. The lowest BCUT2D eigenvalue weighted by Gasteiger charge is -2.29. The molecule has 0 aromatic heterocycles. The molecule has 0 atom stereocenters. The van der Waals surface area contributed by atoms with E-state index in [2.05, 4.69) is 10.2 Å². The van der Waals surface area contributed by atoms with Gasteiger partial charge in [-0.1, -0.05) is 12.8 Å². The summed E-state index contributed by atoms with van der Waals surface area (Å²) in [6.45, 7) is 2.01. The number of nitrogens with one attached hydrogen (secondary N) is 1. The molecule has 1 aliphatic carbocycles. The lowest BCUT2D eigenvalue weighted by Crippen LogP contribution is -2.35. The summed E-state index contributed by atoms with van der Waals surface area (Å²) < 4.78 is 0. The van der Waals surface area contributed by atoms with E-state index in [4.69, 9.17) is 0 Å². The first-order chi connectivity index (χ1) is 8.79. The van der Waals surface area contributed by atoms with E-state index in [9.17, 15) is 4.79 Å². The minimum Gasteiger partial charge on any atom is -0.343 e. The summed E-state index contributed by atoms with van der Waals surface area (Å²) >= 11 is 0. The van der Waals surface area contributed by atoms with E-state index >= 15 is 0 Å². The lowest BCUT2D eigenvalue weighted by atomic mass is 9.84. The highest BCUT2D eigenvalue weighted by atomic mass is 16.2. The molecule has 18 heavy (non-hydrogen) atoms. The Morgan fingerprint density at radius 3 is 2.22 bits per heavy atom. The monoisotopic (exact) mass is 252 g/mol. The first kappa shape index (κ1) is 13.9. The van der Waals surface area contributed by atoms with Gasteiger partial charge in [0.15, 0.2) is 0 Å². The second-order valence-corrected chi connectivity index (χ2v) is 6.01. The fourth-order valence-corrected chi connectivity index (χ4v) is 3.35. The molecule has 0 aromatic carbocycles. The van der Waals surface area contributed by atoms with Crippen LogP contribution in [0.2, 0.25) is 0 Å². The summed E-state index contributed by atoms with van der Waals surface area (Å²) in [6.07, 6.45) is 10.8. The molecule has 3 nitrogen and oxygen atoms in total. The summed E-state index contributed by atoms with van der Waals surface area (Å²) in [7, 11) is 2.05. The Morgan fingerprint density at radius 2 is 1.67 bits per heavy atom.